The number of hydrogen-bond acceptors (Lipinski definition) is 5. The topological polar surface area (TPSA) is 64.9 Å². The molecule has 1 aromatic heterocycles. The average molecular weight is 387 g/mol. The molecule has 0 aliphatic carbocycles. The first kappa shape index (κ1) is 18.9. The number of hydrogen-bond donors (Lipinski definition) is 1. The standard InChI is InChI=1S/C23H25N5O/c1-3-14-28-26-23(25-27-28)24-15-21-20-7-5-4-6-19(20)12-13-22(21)29-16-18-10-8-17(2)9-11-18/h4-13H,3,14-16H2,1-2H3,(H,24,26). The van der Waals surface area contributed by atoms with Crippen LogP contribution in [0.5, 0.6) is 5.75 Å². The molecule has 0 saturated carbocycles. The van der Waals surface area contributed by atoms with Crippen molar-refractivity contribution in [3.05, 3.63) is 77.4 Å². The number of rotatable bonds is 8. The zero-order valence-corrected chi connectivity index (χ0v) is 16.8. The van der Waals surface area contributed by atoms with Gasteiger partial charge in [-0.3, -0.25) is 0 Å². The first-order valence-electron chi connectivity index (χ1n) is 9.93. The summed E-state index contributed by atoms with van der Waals surface area (Å²) in [6.45, 7) is 6.01. The van der Waals surface area contributed by atoms with Crippen molar-refractivity contribution in [2.45, 2.75) is 40.0 Å². The van der Waals surface area contributed by atoms with Crippen LogP contribution in [0.4, 0.5) is 5.95 Å². The fourth-order valence-corrected chi connectivity index (χ4v) is 3.26. The molecule has 3 aromatic carbocycles. The van der Waals surface area contributed by atoms with Crippen molar-refractivity contribution >= 4 is 16.7 Å². The van der Waals surface area contributed by atoms with Gasteiger partial charge in [-0.15, -0.1) is 5.10 Å². The number of aromatic nitrogens is 4. The average Bonchev–Trinajstić information content (AvgIpc) is 3.19. The summed E-state index contributed by atoms with van der Waals surface area (Å²) in [5.74, 6) is 1.38. The maximum absolute atomic E-state index is 6.20. The van der Waals surface area contributed by atoms with Crippen LogP contribution < -0.4 is 10.1 Å². The van der Waals surface area contributed by atoms with Gasteiger partial charge in [0.25, 0.3) is 5.95 Å². The third-order valence-corrected chi connectivity index (χ3v) is 4.81. The summed E-state index contributed by atoms with van der Waals surface area (Å²) >= 11 is 0. The van der Waals surface area contributed by atoms with Crippen LogP contribution in [0.25, 0.3) is 10.8 Å². The lowest BCUT2D eigenvalue weighted by atomic mass is 10.0. The number of benzene rings is 3. The van der Waals surface area contributed by atoms with Gasteiger partial charge in [0.2, 0.25) is 0 Å². The quantitative estimate of drug-likeness (QED) is 0.473. The van der Waals surface area contributed by atoms with E-state index in [0.29, 0.717) is 19.1 Å². The molecule has 0 fully saturated rings. The van der Waals surface area contributed by atoms with E-state index in [2.05, 4.69) is 77.0 Å². The molecule has 6 heteroatoms. The van der Waals surface area contributed by atoms with Crippen molar-refractivity contribution in [1.29, 1.82) is 0 Å². The predicted octanol–water partition coefficient (Wildman–Crippen LogP) is 4.74. The largest absolute Gasteiger partial charge is 0.489 e. The van der Waals surface area contributed by atoms with Crippen LogP contribution in [0.3, 0.4) is 0 Å². The number of ether oxygens (including phenoxy) is 1. The Kier molecular flexibility index (Phi) is 5.70. The predicted molar refractivity (Wildman–Crippen MR) is 115 cm³/mol. The number of nitrogens with zero attached hydrogens (tertiary/aromatic N) is 4. The third kappa shape index (κ3) is 4.54. The third-order valence-electron chi connectivity index (χ3n) is 4.81. The van der Waals surface area contributed by atoms with Crippen LogP contribution in [-0.4, -0.2) is 20.2 Å². The molecule has 6 nitrogen and oxygen atoms in total. The van der Waals surface area contributed by atoms with Crippen molar-refractivity contribution < 1.29 is 4.74 Å². The minimum atomic E-state index is 0.524. The van der Waals surface area contributed by atoms with E-state index in [0.717, 1.165) is 35.2 Å². The maximum atomic E-state index is 6.20. The number of nitrogens with one attached hydrogen (secondary N) is 1. The van der Waals surface area contributed by atoms with Crippen molar-refractivity contribution in [3.63, 3.8) is 0 Å². The second-order valence-corrected chi connectivity index (χ2v) is 7.10. The first-order chi connectivity index (χ1) is 14.2. The lowest BCUT2D eigenvalue weighted by Gasteiger charge is -2.15. The number of fused-ring (bicyclic) bond motifs is 1. The molecule has 4 rings (SSSR count). The summed E-state index contributed by atoms with van der Waals surface area (Å²) in [6, 6.07) is 20.9. The highest BCUT2D eigenvalue weighted by molar-refractivity contribution is 5.88. The Morgan fingerprint density at radius 1 is 1.00 bits per heavy atom. The zero-order valence-electron chi connectivity index (χ0n) is 16.8. The van der Waals surface area contributed by atoms with E-state index in [-0.39, 0.29) is 0 Å². The summed E-state index contributed by atoms with van der Waals surface area (Å²) in [4.78, 5) is 1.61. The van der Waals surface area contributed by atoms with Gasteiger partial charge in [0.1, 0.15) is 12.4 Å². The molecule has 1 N–H and O–H groups in total. The van der Waals surface area contributed by atoms with Crippen LogP contribution in [0.1, 0.15) is 30.0 Å². The summed E-state index contributed by atoms with van der Waals surface area (Å²) in [6.07, 6.45) is 0.968. The van der Waals surface area contributed by atoms with Crippen molar-refractivity contribution in [3.8, 4) is 5.75 Å². The minimum Gasteiger partial charge on any atom is -0.489 e. The molecule has 0 unspecified atom stereocenters. The van der Waals surface area contributed by atoms with E-state index in [4.69, 9.17) is 4.74 Å². The van der Waals surface area contributed by atoms with Gasteiger partial charge < -0.3 is 10.1 Å². The van der Waals surface area contributed by atoms with Gasteiger partial charge in [0.05, 0.1) is 6.54 Å². The van der Waals surface area contributed by atoms with Crippen LogP contribution >= 0.6 is 0 Å². The Hall–Kier alpha value is -3.41. The van der Waals surface area contributed by atoms with E-state index in [1.807, 2.05) is 18.2 Å². The molecular weight excluding hydrogens is 362 g/mol. The van der Waals surface area contributed by atoms with Crippen molar-refractivity contribution in [2.75, 3.05) is 5.32 Å². The van der Waals surface area contributed by atoms with Gasteiger partial charge in [-0.05, 0) is 41.0 Å². The number of tetrazole rings is 1. The fraction of sp³-hybridized carbons (Fsp3) is 0.261. The van der Waals surface area contributed by atoms with Crippen LogP contribution in [0, 0.1) is 6.92 Å². The Morgan fingerprint density at radius 2 is 1.83 bits per heavy atom. The Bertz CT molecular complexity index is 1090. The van der Waals surface area contributed by atoms with E-state index in [1.165, 1.54) is 10.9 Å². The molecule has 0 aliphatic heterocycles. The molecule has 4 aromatic rings. The van der Waals surface area contributed by atoms with Gasteiger partial charge in [-0.2, -0.15) is 4.80 Å². The van der Waals surface area contributed by atoms with Gasteiger partial charge in [0, 0.05) is 12.1 Å². The van der Waals surface area contributed by atoms with Crippen molar-refractivity contribution in [2.24, 2.45) is 0 Å². The Balaban J connectivity index is 1.57. The lowest BCUT2D eigenvalue weighted by Crippen LogP contribution is -2.06. The molecule has 0 atom stereocenters. The van der Waals surface area contributed by atoms with Crippen LogP contribution in [-0.2, 0) is 19.7 Å². The molecule has 1 heterocycles. The van der Waals surface area contributed by atoms with Gasteiger partial charge in [0.15, 0.2) is 0 Å². The molecule has 0 saturated heterocycles. The molecule has 0 radical (unpaired) electrons. The monoisotopic (exact) mass is 387 g/mol. The second-order valence-electron chi connectivity index (χ2n) is 7.10. The molecule has 0 bridgehead atoms. The highest BCUT2D eigenvalue weighted by atomic mass is 16.5. The smallest absolute Gasteiger partial charge is 0.263 e. The Morgan fingerprint density at radius 3 is 2.66 bits per heavy atom. The van der Waals surface area contributed by atoms with Gasteiger partial charge >= 0.3 is 0 Å². The maximum Gasteiger partial charge on any atom is 0.263 e. The summed E-state index contributed by atoms with van der Waals surface area (Å²) in [5.41, 5.74) is 3.47. The summed E-state index contributed by atoms with van der Waals surface area (Å²) in [5, 5.41) is 18.2. The Labute approximate surface area is 170 Å². The van der Waals surface area contributed by atoms with Crippen molar-refractivity contribution in [1.82, 2.24) is 20.2 Å². The second kappa shape index (κ2) is 8.73. The highest BCUT2D eigenvalue weighted by Crippen LogP contribution is 2.29. The molecular formula is C23H25N5O. The molecule has 29 heavy (non-hydrogen) atoms. The molecule has 0 spiro atoms. The van der Waals surface area contributed by atoms with E-state index < -0.39 is 0 Å². The van der Waals surface area contributed by atoms with E-state index in [1.54, 1.807) is 4.80 Å². The van der Waals surface area contributed by atoms with Crippen LogP contribution in [0.2, 0.25) is 0 Å². The minimum absolute atomic E-state index is 0.524. The highest BCUT2D eigenvalue weighted by Gasteiger charge is 2.11. The van der Waals surface area contributed by atoms with E-state index >= 15 is 0 Å². The van der Waals surface area contributed by atoms with Gasteiger partial charge in [-0.1, -0.05) is 72.2 Å². The molecule has 0 amide bonds. The summed E-state index contributed by atoms with van der Waals surface area (Å²) in [7, 11) is 0. The summed E-state index contributed by atoms with van der Waals surface area (Å²) < 4.78 is 6.20. The van der Waals surface area contributed by atoms with E-state index in [9.17, 15) is 0 Å². The fourth-order valence-electron chi connectivity index (χ4n) is 3.26. The number of anilines is 1. The first-order valence-corrected chi connectivity index (χ1v) is 9.93. The normalized spacial score (nSPS) is 11.0. The van der Waals surface area contributed by atoms with Crippen LogP contribution in [0.15, 0.2) is 60.7 Å². The SMILES string of the molecule is CCCn1nnc(NCc2c(OCc3ccc(C)cc3)ccc3ccccc23)n1. The molecule has 0 aliphatic rings. The lowest BCUT2D eigenvalue weighted by molar-refractivity contribution is 0.304. The van der Waals surface area contributed by atoms with Gasteiger partial charge in [-0.25, -0.2) is 0 Å². The zero-order chi connectivity index (χ0) is 20.1. The number of aryl methyl sites for hydroxylation is 2. The molecule has 148 valence electrons.